The van der Waals surface area contributed by atoms with Crippen molar-refractivity contribution in [2.24, 2.45) is 0 Å². The monoisotopic (exact) mass is 209 g/mol. The molecule has 1 N–H and O–H groups in total. The average Bonchev–Trinajstić information content (AvgIpc) is 2.12. The lowest BCUT2D eigenvalue weighted by Gasteiger charge is -2.00. The van der Waals surface area contributed by atoms with Crippen LogP contribution in [-0.4, -0.2) is 5.78 Å². The quantitative estimate of drug-likeness (QED) is 0.773. The van der Waals surface area contributed by atoms with Crippen molar-refractivity contribution in [1.82, 2.24) is 5.32 Å². The van der Waals surface area contributed by atoms with Crippen LogP contribution in [0.15, 0.2) is 36.5 Å². The maximum Gasteiger partial charge on any atom is 0.154 e. The van der Waals surface area contributed by atoms with Gasteiger partial charge < -0.3 is 5.32 Å². The fourth-order valence-electron chi connectivity index (χ4n) is 1.000. The normalized spacial score (nSPS) is 10.4. The molecular formula is C11H12ClNO. The highest BCUT2D eigenvalue weighted by Crippen LogP contribution is 2.09. The van der Waals surface area contributed by atoms with E-state index in [-0.39, 0.29) is 5.78 Å². The molecule has 0 bridgehead atoms. The maximum absolute atomic E-state index is 10.6. The third-order valence-electron chi connectivity index (χ3n) is 1.63. The van der Waals surface area contributed by atoms with Gasteiger partial charge in [0, 0.05) is 17.8 Å². The summed E-state index contributed by atoms with van der Waals surface area (Å²) in [6.07, 6.45) is 3.13. The Kier molecular flexibility index (Phi) is 4.20. The van der Waals surface area contributed by atoms with Gasteiger partial charge in [-0.3, -0.25) is 4.79 Å². The summed E-state index contributed by atoms with van der Waals surface area (Å²) >= 11 is 5.81. The van der Waals surface area contributed by atoms with E-state index in [1.54, 1.807) is 6.20 Å². The van der Waals surface area contributed by atoms with Crippen molar-refractivity contribution in [2.45, 2.75) is 13.5 Å². The van der Waals surface area contributed by atoms with E-state index in [9.17, 15) is 4.79 Å². The van der Waals surface area contributed by atoms with E-state index in [2.05, 4.69) is 5.32 Å². The Hall–Kier alpha value is -1.28. The molecule has 1 aromatic rings. The molecule has 2 nitrogen and oxygen atoms in total. The molecule has 0 aromatic heterocycles. The van der Waals surface area contributed by atoms with Gasteiger partial charge in [0.25, 0.3) is 0 Å². The Balaban J connectivity index is 2.42. The molecule has 0 atom stereocenters. The predicted molar refractivity (Wildman–Crippen MR) is 58.1 cm³/mol. The predicted octanol–water partition coefficient (Wildman–Crippen LogP) is 2.53. The van der Waals surface area contributed by atoms with Crippen molar-refractivity contribution in [3.63, 3.8) is 0 Å². The van der Waals surface area contributed by atoms with Crippen LogP contribution < -0.4 is 5.32 Å². The summed E-state index contributed by atoms with van der Waals surface area (Å²) in [5, 5.41) is 3.72. The number of hydrogen-bond donors (Lipinski definition) is 1. The summed E-state index contributed by atoms with van der Waals surface area (Å²) in [4.78, 5) is 10.6. The van der Waals surface area contributed by atoms with E-state index in [1.165, 1.54) is 13.0 Å². The molecule has 0 amide bonds. The molecule has 0 saturated carbocycles. The Labute approximate surface area is 88.6 Å². The first kappa shape index (κ1) is 10.8. The lowest BCUT2D eigenvalue weighted by Crippen LogP contribution is -2.04. The van der Waals surface area contributed by atoms with Crippen molar-refractivity contribution in [1.29, 1.82) is 0 Å². The number of benzene rings is 1. The summed E-state index contributed by atoms with van der Waals surface area (Å²) in [6.45, 7) is 2.18. The number of rotatable bonds is 4. The van der Waals surface area contributed by atoms with Crippen LogP contribution in [0.25, 0.3) is 0 Å². The highest BCUT2D eigenvalue weighted by Gasteiger charge is 1.91. The molecule has 0 saturated heterocycles. The number of halogens is 1. The molecule has 0 aliphatic rings. The summed E-state index contributed by atoms with van der Waals surface area (Å²) in [5.41, 5.74) is 1.09. The number of ketones is 1. The van der Waals surface area contributed by atoms with E-state index in [0.717, 1.165) is 10.6 Å². The van der Waals surface area contributed by atoms with Gasteiger partial charge in [-0.15, -0.1) is 0 Å². The van der Waals surface area contributed by atoms with E-state index in [4.69, 9.17) is 11.6 Å². The molecule has 0 aliphatic heterocycles. The van der Waals surface area contributed by atoms with Crippen LogP contribution in [-0.2, 0) is 11.3 Å². The minimum absolute atomic E-state index is 0.0311. The van der Waals surface area contributed by atoms with E-state index in [0.29, 0.717) is 6.54 Å². The molecule has 0 unspecified atom stereocenters. The first-order valence-corrected chi connectivity index (χ1v) is 4.71. The molecule has 0 heterocycles. The minimum Gasteiger partial charge on any atom is -0.387 e. The number of nitrogens with one attached hydrogen (secondary N) is 1. The third kappa shape index (κ3) is 4.10. The molecule has 0 radical (unpaired) electrons. The van der Waals surface area contributed by atoms with Crippen LogP contribution >= 0.6 is 11.6 Å². The Morgan fingerprint density at radius 2 is 2.36 bits per heavy atom. The second kappa shape index (κ2) is 5.45. The standard InChI is InChI=1S/C11H12ClNO/c1-9(14)5-6-13-8-10-3-2-4-11(12)7-10/h2-7,13H,8H2,1H3. The molecule has 3 heteroatoms. The van der Waals surface area contributed by atoms with Gasteiger partial charge >= 0.3 is 0 Å². The van der Waals surface area contributed by atoms with Gasteiger partial charge in [-0.05, 0) is 30.7 Å². The SMILES string of the molecule is CC(=O)C=CNCc1cccc(Cl)c1. The van der Waals surface area contributed by atoms with E-state index >= 15 is 0 Å². The van der Waals surface area contributed by atoms with Gasteiger partial charge in [0.2, 0.25) is 0 Å². The molecule has 1 aromatic carbocycles. The zero-order chi connectivity index (χ0) is 10.4. The van der Waals surface area contributed by atoms with Gasteiger partial charge in [0.05, 0.1) is 0 Å². The number of carbonyl (C=O) groups is 1. The van der Waals surface area contributed by atoms with Crippen molar-refractivity contribution in [3.05, 3.63) is 47.1 Å². The van der Waals surface area contributed by atoms with Gasteiger partial charge in [-0.2, -0.15) is 0 Å². The van der Waals surface area contributed by atoms with Crippen LogP contribution in [0.1, 0.15) is 12.5 Å². The summed E-state index contributed by atoms with van der Waals surface area (Å²) < 4.78 is 0. The van der Waals surface area contributed by atoms with Crippen molar-refractivity contribution >= 4 is 17.4 Å². The van der Waals surface area contributed by atoms with Crippen molar-refractivity contribution in [2.75, 3.05) is 0 Å². The van der Waals surface area contributed by atoms with E-state index in [1.807, 2.05) is 24.3 Å². The number of allylic oxidation sites excluding steroid dienone is 1. The molecule has 0 spiro atoms. The van der Waals surface area contributed by atoms with Crippen molar-refractivity contribution < 1.29 is 4.79 Å². The first-order valence-electron chi connectivity index (χ1n) is 4.33. The second-order valence-electron chi connectivity index (χ2n) is 2.95. The zero-order valence-electron chi connectivity index (χ0n) is 7.96. The number of hydrogen-bond acceptors (Lipinski definition) is 2. The minimum atomic E-state index is 0.0311. The smallest absolute Gasteiger partial charge is 0.154 e. The summed E-state index contributed by atoms with van der Waals surface area (Å²) in [6, 6.07) is 7.58. The van der Waals surface area contributed by atoms with Crippen LogP contribution in [0, 0.1) is 0 Å². The number of carbonyl (C=O) groups excluding carboxylic acids is 1. The molecular weight excluding hydrogens is 198 g/mol. The fourth-order valence-corrected chi connectivity index (χ4v) is 1.21. The first-order chi connectivity index (χ1) is 6.68. The van der Waals surface area contributed by atoms with E-state index < -0.39 is 0 Å². The Morgan fingerprint density at radius 1 is 1.57 bits per heavy atom. The van der Waals surface area contributed by atoms with Crippen molar-refractivity contribution in [3.8, 4) is 0 Å². The van der Waals surface area contributed by atoms with Gasteiger partial charge in [-0.1, -0.05) is 23.7 Å². The summed E-state index contributed by atoms with van der Waals surface area (Å²) in [7, 11) is 0. The van der Waals surface area contributed by atoms with Crippen LogP contribution in [0.4, 0.5) is 0 Å². The lowest BCUT2D eigenvalue weighted by molar-refractivity contribution is -0.112. The highest BCUT2D eigenvalue weighted by molar-refractivity contribution is 6.30. The molecule has 1 rings (SSSR count). The molecule has 0 aliphatic carbocycles. The Morgan fingerprint density at radius 3 is 3.00 bits per heavy atom. The highest BCUT2D eigenvalue weighted by atomic mass is 35.5. The van der Waals surface area contributed by atoms with Crippen LogP contribution in [0.5, 0.6) is 0 Å². The van der Waals surface area contributed by atoms with Gasteiger partial charge in [0.1, 0.15) is 0 Å². The van der Waals surface area contributed by atoms with Crippen LogP contribution in [0.2, 0.25) is 5.02 Å². The van der Waals surface area contributed by atoms with Gasteiger partial charge in [-0.25, -0.2) is 0 Å². The second-order valence-corrected chi connectivity index (χ2v) is 3.39. The van der Waals surface area contributed by atoms with Crippen LogP contribution in [0.3, 0.4) is 0 Å². The molecule has 14 heavy (non-hydrogen) atoms. The fraction of sp³-hybridized carbons (Fsp3) is 0.182. The zero-order valence-corrected chi connectivity index (χ0v) is 8.71. The molecule has 74 valence electrons. The maximum atomic E-state index is 10.6. The molecule has 0 fully saturated rings. The van der Waals surface area contributed by atoms with Gasteiger partial charge in [0.15, 0.2) is 5.78 Å². The lowest BCUT2D eigenvalue weighted by atomic mass is 10.2. The Bertz CT molecular complexity index is 347. The third-order valence-corrected chi connectivity index (χ3v) is 1.87. The summed E-state index contributed by atoms with van der Waals surface area (Å²) in [5.74, 6) is 0.0311. The topological polar surface area (TPSA) is 29.1 Å². The largest absolute Gasteiger partial charge is 0.387 e. The average molecular weight is 210 g/mol.